The summed E-state index contributed by atoms with van der Waals surface area (Å²) in [6.45, 7) is 0. The topological polar surface area (TPSA) is 106 Å². The molecular weight excluding hydrogens is 1010 g/mol. The molecule has 0 radical (unpaired) electrons. The van der Waals surface area contributed by atoms with E-state index in [9.17, 15) is 0 Å². The van der Waals surface area contributed by atoms with Crippen LogP contribution >= 0.6 is 0 Å². The van der Waals surface area contributed by atoms with E-state index in [1.165, 1.54) is 0 Å². The van der Waals surface area contributed by atoms with Gasteiger partial charge in [0.05, 0.1) is 23.3 Å². The van der Waals surface area contributed by atoms with Crippen molar-refractivity contribution < 1.29 is 19.5 Å². The second kappa shape index (κ2) is 21.4. The normalized spacial score (nSPS) is 11.8. The smallest absolute Gasteiger partial charge is 0.358 e. The van der Waals surface area contributed by atoms with E-state index in [0.717, 1.165) is 89.1 Å². The summed E-state index contributed by atoms with van der Waals surface area (Å²) < 4.78 is 0. The van der Waals surface area contributed by atoms with Crippen LogP contribution in [0, 0.1) is 14.9 Å². The van der Waals surface area contributed by atoms with Gasteiger partial charge in [0.25, 0.3) is 0 Å². The SMILES string of the molecule is [CH3-].[CH3-].[Ru+4].c1ccc(C2=C(c3ccccc3)c3nc2nc2[n-]c(nc4nc(nc5[n-]c(n3)c(-c3ccccc3)c5-c3ccccc3)C(c3ccccc3)=C4c3ccccc3)c(-c3ccccc3)c2-c2ccccc2)cc1. The van der Waals surface area contributed by atoms with Crippen LogP contribution in [-0.2, 0) is 19.5 Å². The summed E-state index contributed by atoms with van der Waals surface area (Å²) in [7, 11) is 0. The van der Waals surface area contributed by atoms with Crippen LogP contribution < -0.4 is 9.97 Å². The van der Waals surface area contributed by atoms with E-state index in [1.54, 1.807) is 0 Å². The number of rotatable bonds is 8. The molecule has 2 aliphatic heterocycles. The monoisotopic (exact) mass is 1050 g/mol. The van der Waals surface area contributed by atoms with E-state index in [-0.39, 0.29) is 34.3 Å². The van der Waals surface area contributed by atoms with Gasteiger partial charge in [0.15, 0.2) is 0 Å². The number of nitrogens with zero attached hydrogens (tertiary/aromatic N) is 8. The minimum atomic E-state index is 0. The molecule has 13 rings (SSSR count). The zero-order valence-electron chi connectivity index (χ0n) is 41.0. The molecule has 0 saturated carbocycles. The molecule has 0 aliphatic carbocycles. The Morgan fingerprint density at radius 2 is 0.360 bits per heavy atom. The number of hydrogen-bond donors (Lipinski definition) is 0. The zero-order chi connectivity index (χ0) is 47.8. The number of fused-ring (bicyclic) bond motifs is 8. The van der Waals surface area contributed by atoms with Crippen molar-refractivity contribution >= 4 is 44.9 Å². The fourth-order valence-corrected chi connectivity index (χ4v) is 9.82. The van der Waals surface area contributed by atoms with Crippen LogP contribution in [-0.4, -0.2) is 29.9 Å². The van der Waals surface area contributed by atoms with Crippen molar-refractivity contribution in [3.05, 3.63) is 303 Å². The average molecular weight is 1050 g/mol. The van der Waals surface area contributed by atoms with Gasteiger partial charge in [0.2, 0.25) is 0 Å². The first-order valence-electron chi connectivity index (χ1n) is 23.9. The minimum absolute atomic E-state index is 0. The Kier molecular flexibility index (Phi) is 14.1. The van der Waals surface area contributed by atoms with E-state index in [4.69, 9.17) is 39.9 Å². The average Bonchev–Trinajstić information content (AvgIpc) is 4.22. The Morgan fingerprint density at radius 1 is 0.200 bits per heavy atom. The van der Waals surface area contributed by atoms with Crippen molar-refractivity contribution in [1.29, 1.82) is 0 Å². The second-order valence-corrected chi connectivity index (χ2v) is 17.4. The number of hydrogen-bond acceptors (Lipinski definition) is 6. The minimum Gasteiger partial charge on any atom is -0.358 e. The Labute approximate surface area is 449 Å². The molecule has 9 heteroatoms. The van der Waals surface area contributed by atoms with E-state index in [1.807, 2.05) is 146 Å². The number of benzene rings is 8. The third-order valence-electron chi connectivity index (χ3n) is 13.0. The molecule has 0 N–H and O–H groups in total. The molecule has 8 bridgehead atoms. The van der Waals surface area contributed by atoms with Crippen LogP contribution in [0.25, 0.3) is 89.4 Å². The van der Waals surface area contributed by atoms with Crippen LogP contribution in [0.3, 0.4) is 0 Å². The molecule has 5 heterocycles. The van der Waals surface area contributed by atoms with Crippen molar-refractivity contribution in [3.8, 4) is 44.5 Å². The maximum absolute atomic E-state index is 5.58. The Balaban J connectivity index is 0.00000214. The first kappa shape index (κ1) is 49.3. The molecule has 0 fully saturated rings. The van der Waals surface area contributed by atoms with Gasteiger partial charge in [-0.25, -0.2) is 9.97 Å². The van der Waals surface area contributed by atoms with E-state index < -0.39 is 0 Å². The first-order chi connectivity index (χ1) is 35.7. The molecule has 8 nitrogen and oxygen atoms in total. The number of aromatic nitrogens is 8. The molecule has 8 aromatic carbocycles. The third-order valence-corrected chi connectivity index (χ3v) is 13.0. The Bertz CT molecular complexity index is 3510. The summed E-state index contributed by atoms with van der Waals surface area (Å²) in [5.41, 5.74) is 15.8. The maximum atomic E-state index is 5.58. The van der Waals surface area contributed by atoms with Crippen molar-refractivity contribution in [2.75, 3.05) is 0 Å². The van der Waals surface area contributed by atoms with Gasteiger partial charge >= 0.3 is 19.5 Å². The fourth-order valence-electron chi connectivity index (χ4n) is 9.82. The first-order valence-corrected chi connectivity index (χ1v) is 23.9. The quantitative estimate of drug-likeness (QED) is 0.109. The van der Waals surface area contributed by atoms with E-state index in [2.05, 4.69) is 97.1 Å². The van der Waals surface area contributed by atoms with Gasteiger partial charge in [0, 0.05) is 67.1 Å². The van der Waals surface area contributed by atoms with Crippen LogP contribution in [0.1, 0.15) is 45.6 Å². The molecule has 0 atom stereocenters. The standard InChI is InChI=1S/C64H40N8.2CH3.Ru/c1-9-25-41(26-10-1)49-50(42-27-11-2-12-28-42)58-65-57(49)69-59-51(43-29-13-3-14-30-43)52(44-31-15-4-16-32-44)61(66-59)71-63-55(47-37-21-7-22-38-47)56(48-39-23-8-24-40-48)64(68-63)72-62-54(46-35-19-6-20-36-46)53(60(67-62)70-58)45-33-17-5-18-34-45;;;/h1-40H;2*1H3;/q-2;2*-1;+4. The van der Waals surface area contributed by atoms with Crippen LogP contribution in [0.4, 0.5) is 0 Å². The van der Waals surface area contributed by atoms with Crippen LogP contribution in [0.15, 0.2) is 243 Å². The zero-order valence-corrected chi connectivity index (χ0v) is 42.8. The Morgan fingerprint density at radius 3 is 0.533 bits per heavy atom. The third kappa shape index (κ3) is 9.15. The van der Waals surface area contributed by atoms with Gasteiger partial charge in [0.1, 0.15) is 0 Å². The summed E-state index contributed by atoms with van der Waals surface area (Å²) in [6.07, 6.45) is 0. The van der Waals surface area contributed by atoms with Crippen molar-refractivity contribution in [2.24, 2.45) is 0 Å². The maximum Gasteiger partial charge on any atom is 4.00 e. The van der Waals surface area contributed by atoms with Gasteiger partial charge in [-0.1, -0.05) is 243 Å². The summed E-state index contributed by atoms with van der Waals surface area (Å²) >= 11 is 0. The van der Waals surface area contributed by atoms with Gasteiger partial charge in [-0.05, 0) is 44.5 Å². The van der Waals surface area contributed by atoms with Gasteiger partial charge < -0.3 is 44.8 Å². The molecule has 0 spiro atoms. The molecular formula is C66H46N8Ru. The predicted molar refractivity (Wildman–Crippen MR) is 300 cm³/mol. The van der Waals surface area contributed by atoms with Crippen LogP contribution in [0.2, 0.25) is 0 Å². The van der Waals surface area contributed by atoms with Gasteiger partial charge in [-0.15, -0.1) is 0 Å². The van der Waals surface area contributed by atoms with E-state index in [0.29, 0.717) is 45.9 Å². The van der Waals surface area contributed by atoms with Crippen molar-refractivity contribution in [3.63, 3.8) is 0 Å². The molecule has 0 unspecified atom stereocenters. The molecule has 2 aliphatic rings. The van der Waals surface area contributed by atoms with Gasteiger partial charge in [-0.2, -0.15) is 0 Å². The molecule has 75 heavy (non-hydrogen) atoms. The van der Waals surface area contributed by atoms with Crippen molar-refractivity contribution in [1.82, 2.24) is 39.9 Å². The second-order valence-electron chi connectivity index (χ2n) is 17.4. The van der Waals surface area contributed by atoms with Crippen LogP contribution in [0.5, 0.6) is 0 Å². The predicted octanol–water partition coefficient (Wildman–Crippen LogP) is 14.7. The summed E-state index contributed by atoms with van der Waals surface area (Å²) in [6, 6.07) is 82.2. The summed E-state index contributed by atoms with van der Waals surface area (Å²) in [5, 5.41) is 0. The fraction of sp³-hybridized carbons (Fsp3) is 0. The summed E-state index contributed by atoms with van der Waals surface area (Å²) in [4.78, 5) is 44.2. The molecule has 358 valence electrons. The molecule has 3 aromatic heterocycles. The van der Waals surface area contributed by atoms with Gasteiger partial charge in [-0.3, -0.25) is 0 Å². The molecule has 0 amide bonds. The summed E-state index contributed by atoms with van der Waals surface area (Å²) in [5.74, 6) is 1.83. The van der Waals surface area contributed by atoms with Crippen molar-refractivity contribution in [2.45, 2.75) is 0 Å². The van der Waals surface area contributed by atoms with E-state index >= 15 is 0 Å². The Hall–Kier alpha value is -9.30. The largest absolute Gasteiger partial charge is 4.00 e. The molecule has 0 saturated heterocycles. The molecule has 11 aromatic rings.